The zero-order chi connectivity index (χ0) is 14.5. The van der Waals surface area contributed by atoms with Crippen LogP contribution in [0.5, 0.6) is 0 Å². The van der Waals surface area contributed by atoms with Gasteiger partial charge >= 0.3 is 6.09 Å². The molecule has 1 N–H and O–H groups in total. The highest BCUT2D eigenvalue weighted by atomic mass is 35.5. The van der Waals surface area contributed by atoms with Crippen molar-refractivity contribution in [2.75, 3.05) is 6.54 Å². The van der Waals surface area contributed by atoms with Crippen LogP contribution in [0.2, 0.25) is 5.15 Å². The van der Waals surface area contributed by atoms with Gasteiger partial charge < -0.3 is 10.1 Å². The first kappa shape index (κ1) is 15.3. The van der Waals surface area contributed by atoms with Gasteiger partial charge in [-0.1, -0.05) is 23.4 Å². The van der Waals surface area contributed by atoms with E-state index >= 15 is 0 Å². The Hall–Kier alpha value is -1.80. The van der Waals surface area contributed by atoms with Crippen molar-refractivity contribution < 1.29 is 13.9 Å². The lowest BCUT2D eigenvalue weighted by molar-refractivity contribution is 0.0535. The number of nitrogens with one attached hydrogen (secondary N) is 1. The fourth-order valence-corrected chi connectivity index (χ4v) is 1.17. The minimum atomic E-state index is -0.631. The lowest BCUT2D eigenvalue weighted by Crippen LogP contribution is -2.32. The zero-order valence-corrected chi connectivity index (χ0v) is 11.6. The van der Waals surface area contributed by atoms with Gasteiger partial charge in [0.15, 0.2) is 11.0 Å². The molecule has 19 heavy (non-hydrogen) atoms. The van der Waals surface area contributed by atoms with Crippen molar-refractivity contribution in [2.24, 2.45) is 0 Å². The largest absolute Gasteiger partial charge is 0.444 e. The molecule has 6 heteroatoms. The summed E-state index contributed by atoms with van der Waals surface area (Å²) in [4.78, 5) is 14.9. The number of hydrogen-bond donors (Lipinski definition) is 1. The summed E-state index contributed by atoms with van der Waals surface area (Å²) in [6.45, 7) is 5.39. The van der Waals surface area contributed by atoms with Crippen LogP contribution in [0.15, 0.2) is 12.3 Å². The molecular weight excluding hydrogens is 271 g/mol. The van der Waals surface area contributed by atoms with Crippen LogP contribution in [0, 0.1) is 17.7 Å². The number of pyridine rings is 1. The third-order valence-electron chi connectivity index (χ3n) is 1.75. The van der Waals surface area contributed by atoms with Crippen LogP contribution >= 0.6 is 11.6 Å². The Balaban J connectivity index is 2.47. The van der Waals surface area contributed by atoms with Gasteiger partial charge in [-0.05, 0) is 26.8 Å². The summed E-state index contributed by atoms with van der Waals surface area (Å²) in [5.74, 6) is 4.67. The third-order valence-corrected chi connectivity index (χ3v) is 2.03. The molecule has 0 spiro atoms. The Morgan fingerprint density at radius 2 is 2.26 bits per heavy atom. The number of alkyl carbamates (subject to hydrolysis) is 1. The molecule has 0 fully saturated rings. The van der Waals surface area contributed by atoms with Crippen molar-refractivity contribution in [3.05, 3.63) is 28.8 Å². The topological polar surface area (TPSA) is 51.2 Å². The van der Waals surface area contributed by atoms with E-state index in [-0.39, 0.29) is 11.7 Å². The van der Waals surface area contributed by atoms with E-state index in [1.54, 1.807) is 20.8 Å². The van der Waals surface area contributed by atoms with E-state index < -0.39 is 17.5 Å². The van der Waals surface area contributed by atoms with Gasteiger partial charge in [-0.2, -0.15) is 0 Å². The number of amides is 1. The first-order valence-corrected chi connectivity index (χ1v) is 5.92. The molecule has 0 aliphatic heterocycles. The number of carbonyl (C=O) groups excluding carboxylic acids is 1. The lowest BCUT2D eigenvalue weighted by atomic mass is 10.2. The van der Waals surface area contributed by atoms with Gasteiger partial charge in [0.2, 0.25) is 0 Å². The highest BCUT2D eigenvalue weighted by Gasteiger charge is 2.14. The zero-order valence-electron chi connectivity index (χ0n) is 10.9. The van der Waals surface area contributed by atoms with Gasteiger partial charge in [0, 0.05) is 11.8 Å². The SMILES string of the molecule is CC(C)(C)OC(=O)NCC#Cc1cnc(Cl)c(F)c1. The summed E-state index contributed by atoms with van der Waals surface area (Å²) < 4.78 is 18.1. The van der Waals surface area contributed by atoms with Crippen molar-refractivity contribution in [1.29, 1.82) is 0 Å². The number of ether oxygens (including phenoxy) is 1. The smallest absolute Gasteiger partial charge is 0.408 e. The van der Waals surface area contributed by atoms with Crippen LogP contribution < -0.4 is 5.32 Å². The van der Waals surface area contributed by atoms with Gasteiger partial charge in [-0.15, -0.1) is 0 Å². The van der Waals surface area contributed by atoms with E-state index in [2.05, 4.69) is 22.1 Å². The standard InChI is InChI=1S/C13H14ClFN2O2/c1-13(2,3)19-12(18)16-6-4-5-9-7-10(15)11(14)17-8-9/h7-8H,6H2,1-3H3,(H,16,18). The molecule has 1 rings (SSSR count). The number of nitrogens with zero attached hydrogens (tertiary/aromatic N) is 1. The average Bonchev–Trinajstić information content (AvgIpc) is 2.27. The number of carbonyl (C=O) groups is 1. The average molecular weight is 285 g/mol. The third kappa shape index (κ3) is 6.07. The molecule has 0 saturated carbocycles. The molecule has 4 nitrogen and oxygen atoms in total. The summed E-state index contributed by atoms with van der Waals surface area (Å²) in [5.41, 5.74) is -0.173. The predicted molar refractivity (Wildman–Crippen MR) is 70.3 cm³/mol. The second-order valence-electron chi connectivity index (χ2n) is 4.65. The monoisotopic (exact) mass is 284 g/mol. The number of rotatable bonds is 1. The molecule has 1 amide bonds. The summed E-state index contributed by atoms with van der Waals surface area (Å²) >= 11 is 5.44. The van der Waals surface area contributed by atoms with Crippen molar-refractivity contribution in [2.45, 2.75) is 26.4 Å². The quantitative estimate of drug-likeness (QED) is 0.637. The van der Waals surface area contributed by atoms with E-state index in [0.29, 0.717) is 5.56 Å². The number of hydrogen-bond acceptors (Lipinski definition) is 3. The van der Waals surface area contributed by atoms with Gasteiger partial charge in [-0.25, -0.2) is 14.2 Å². The predicted octanol–water partition coefficient (Wildman–Crippen LogP) is 2.75. The second kappa shape index (κ2) is 6.39. The molecule has 0 aliphatic rings. The van der Waals surface area contributed by atoms with Gasteiger partial charge in [0.05, 0.1) is 6.54 Å². The minimum Gasteiger partial charge on any atom is -0.444 e. The Kier molecular flexibility index (Phi) is 5.13. The normalized spacial score (nSPS) is 10.4. The van der Waals surface area contributed by atoms with Gasteiger partial charge in [0.25, 0.3) is 0 Å². The Bertz CT molecular complexity index is 530. The molecule has 0 unspecified atom stereocenters. The van der Waals surface area contributed by atoms with E-state index in [1.165, 1.54) is 12.3 Å². The van der Waals surface area contributed by atoms with Gasteiger partial charge in [0.1, 0.15) is 5.60 Å². The summed E-state index contributed by atoms with van der Waals surface area (Å²) in [6.07, 6.45) is 0.800. The Labute approximate surface area is 116 Å². The highest BCUT2D eigenvalue weighted by molar-refractivity contribution is 6.29. The summed E-state index contributed by atoms with van der Waals surface area (Å²) in [5, 5.41) is 2.26. The van der Waals surface area contributed by atoms with E-state index in [4.69, 9.17) is 16.3 Å². The summed E-state index contributed by atoms with van der Waals surface area (Å²) in [6, 6.07) is 1.18. The molecule has 1 aromatic rings. The van der Waals surface area contributed by atoms with Crippen LogP contribution in [-0.2, 0) is 4.74 Å². The fraction of sp³-hybridized carbons (Fsp3) is 0.385. The molecule has 0 atom stereocenters. The molecular formula is C13H14ClFN2O2. The van der Waals surface area contributed by atoms with Crippen molar-refractivity contribution in [1.82, 2.24) is 10.3 Å². The van der Waals surface area contributed by atoms with E-state index in [9.17, 15) is 9.18 Å². The Morgan fingerprint density at radius 3 is 2.84 bits per heavy atom. The van der Waals surface area contributed by atoms with Crippen LogP contribution in [0.4, 0.5) is 9.18 Å². The van der Waals surface area contributed by atoms with Crippen LogP contribution in [0.1, 0.15) is 26.3 Å². The van der Waals surface area contributed by atoms with Crippen LogP contribution in [-0.4, -0.2) is 23.2 Å². The van der Waals surface area contributed by atoms with Crippen molar-refractivity contribution in [3.8, 4) is 11.8 Å². The van der Waals surface area contributed by atoms with Gasteiger partial charge in [-0.3, -0.25) is 0 Å². The van der Waals surface area contributed by atoms with E-state index in [0.717, 1.165) is 0 Å². The second-order valence-corrected chi connectivity index (χ2v) is 5.01. The fourth-order valence-electron chi connectivity index (χ4n) is 1.07. The molecule has 1 aromatic heterocycles. The van der Waals surface area contributed by atoms with E-state index in [1.807, 2.05) is 0 Å². The maximum Gasteiger partial charge on any atom is 0.408 e. The number of halogens is 2. The first-order chi connectivity index (χ1) is 8.78. The molecule has 0 saturated heterocycles. The minimum absolute atomic E-state index is 0.0964. The maximum atomic E-state index is 13.1. The molecule has 0 radical (unpaired) electrons. The lowest BCUT2D eigenvalue weighted by Gasteiger charge is -2.18. The first-order valence-electron chi connectivity index (χ1n) is 5.55. The van der Waals surface area contributed by atoms with Crippen molar-refractivity contribution in [3.63, 3.8) is 0 Å². The molecule has 0 aliphatic carbocycles. The van der Waals surface area contributed by atoms with Crippen LogP contribution in [0.25, 0.3) is 0 Å². The molecule has 0 bridgehead atoms. The highest BCUT2D eigenvalue weighted by Crippen LogP contribution is 2.11. The maximum absolute atomic E-state index is 13.1. The van der Waals surface area contributed by atoms with Crippen molar-refractivity contribution >= 4 is 17.7 Å². The summed E-state index contributed by atoms with van der Waals surface area (Å²) in [7, 11) is 0. The molecule has 1 heterocycles. The van der Waals surface area contributed by atoms with Crippen LogP contribution in [0.3, 0.4) is 0 Å². The number of aromatic nitrogens is 1. The Morgan fingerprint density at radius 1 is 1.58 bits per heavy atom. The molecule has 0 aromatic carbocycles. The molecule has 102 valence electrons.